The lowest BCUT2D eigenvalue weighted by molar-refractivity contribution is -0.120. The third kappa shape index (κ3) is 7.08. The molecule has 1 rings (SSSR count). The van der Waals surface area contributed by atoms with E-state index in [2.05, 4.69) is 16.0 Å². The summed E-state index contributed by atoms with van der Waals surface area (Å²) in [5, 5.41) is 7.97. The number of amides is 3. The molecule has 22 heavy (non-hydrogen) atoms. The zero-order chi connectivity index (χ0) is 16.2. The van der Waals surface area contributed by atoms with Crippen LogP contribution in [-0.2, 0) is 22.7 Å². The monoisotopic (exact) mass is 307 g/mol. The maximum Gasteiger partial charge on any atom is 0.315 e. The molecular weight excluding hydrogens is 282 g/mol. The molecule has 0 spiro atoms. The molecule has 0 aliphatic rings. The van der Waals surface area contributed by atoms with Gasteiger partial charge in [0.2, 0.25) is 5.91 Å². The maximum atomic E-state index is 11.7. The molecule has 0 saturated carbocycles. The number of urea groups is 1. The van der Waals surface area contributed by atoms with Gasteiger partial charge < -0.3 is 20.7 Å². The summed E-state index contributed by atoms with van der Waals surface area (Å²) in [6.07, 6.45) is 0.870. The second-order valence-corrected chi connectivity index (χ2v) is 4.79. The van der Waals surface area contributed by atoms with Gasteiger partial charge in [-0.1, -0.05) is 31.2 Å². The van der Waals surface area contributed by atoms with Crippen molar-refractivity contribution >= 4 is 11.9 Å². The Labute approximate surface area is 131 Å². The second kappa shape index (κ2) is 10.6. The lowest BCUT2D eigenvalue weighted by Crippen LogP contribution is -2.42. The number of ether oxygens (including phenoxy) is 1. The first kappa shape index (κ1) is 18.0. The van der Waals surface area contributed by atoms with Gasteiger partial charge in [-0.3, -0.25) is 4.79 Å². The summed E-state index contributed by atoms with van der Waals surface area (Å²) in [6.45, 7) is 6.08. The molecule has 3 N–H and O–H groups in total. The third-order valence-electron chi connectivity index (χ3n) is 3.00. The largest absolute Gasteiger partial charge is 0.377 e. The van der Waals surface area contributed by atoms with E-state index in [1.165, 1.54) is 0 Å². The fourth-order valence-corrected chi connectivity index (χ4v) is 1.81. The van der Waals surface area contributed by atoms with E-state index in [0.29, 0.717) is 26.3 Å². The molecule has 0 radical (unpaired) electrons. The summed E-state index contributed by atoms with van der Waals surface area (Å²) >= 11 is 0. The van der Waals surface area contributed by atoms with E-state index >= 15 is 0 Å². The molecule has 1 aromatic carbocycles. The summed E-state index contributed by atoms with van der Waals surface area (Å²) in [5.41, 5.74) is 2.05. The Bertz CT molecular complexity index is 477. The van der Waals surface area contributed by atoms with Gasteiger partial charge in [-0.25, -0.2) is 4.79 Å². The van der Waals surface area contributed by atoms with Crippen LogP contribution in [0.4, 0.5) is 4.79 Å². The third-order valence-corrected chi connectivity index (χ3v) is 3.00. The minimum Gasteiger partial charge on any atom is -0.377 e. The molecule has 0 aromatic heterocycles. The fourth-order valence-electron chi connectivity index (χ4n) is 1.81. The number of rotatable bonds is 9. The summed E-state index contributed by atoms with van der Waals surface area (Å²) in [7, 11) is 0. The van der Waals surface area contributed by atoms with Gasteiger partial charge in [0.1, 0.15) is 0 Å². The maximum absolute atomic E-state index is 11.7. The minimum absolute atomic E-state index is 0.0214. The smallest absolute Gasteiger partial charge is 0.315 e. The molecule has 1 aromatic rings. The number of nitrogens with one attached hydrogen (secondary N) is 3. The lowest BCUT2D eigenvalue weighted by atomic mass is 10.1. The lowest BCUT2D eigenvalue weighted by Gasteiger charge is -2.11. The van der Waals surface area contributed by atoms with Gasteiger partial charge in [0.05, 0.1) is 13.2 Å². The van der Waals surface area contributed by atoms with Crippen LogP contribution in [0.1, 0.15) is 31.4 Å². The van der Waals surface area contributed by atoms with Gasteiger partial charge in [0, 0.05) is 19.7 Å². The predicted octanol–water partition coefficient (Wildman–Crippen LogP) is 1.55. The number of hydrogen-bond donors (Lipinski definition) is 3. The molecule has 6 heteroatoms. The molecule has 6 nitrogen and oxygen atoms in total. The molecule has 0 aliphatic heterocycles. The summed E-state index contributed by atoms with van der Waals surface area (Å²) < 4.78 is 5.40. The average Bonchev–Trinajstić information content (AvgIpc) is 2.55. The Balaban J connectivity index is 2.36. The van der Waals surface area contributed by atoms with E-state index in [9.17, 15) is 9.59 Å². The predicted molar refractivity (Wildman–Crippen MR) is 85.3 cm³/mol. The molecule has 0 saturated heterocycles. The zero-order valence-corrected chi connectivity index (χ0v) is 13.3. The summed E-state index contributed by atoms with van der Waals surface area (Å²) in [6, 6.07) is 7.42. The zero-order valence-electron chi connectivity index (χ0n) is 13.3. The van der Waals surface area contributed by atoms with Gasteiger partial charge >= 0.3 is 6.03 Å². The number of hydrogen-bond acceptors (Lipinski definition) is 3. The first-order chi connectivity index (χ1) is 10.7. The first-order valence-corrected chi connectivity index (χ1v) is 7.60. The molecule has 0 heterocycles. The quantitative estimate of drug-likeness (QED) is 0.647. The Morgan fingerprint density at radius 2 is 1.77 bits per heavy atom. The van der Waals surface area contributed by atoms with Gasteiger partial charge in [0.25, 0.3) is 0 Å². The topological polar surface area (TPSA) is 79.5 Å². The van der Waals surface area contributed by atoms with Crippen LogP contribution in [0.5, 0.6) is 0 Å². The summed E-state index contributed by atoms with van der Waals surface area (Å²) in [4.78, 5) is 23.1. The van der Waals surface area contributed by atoms with Crippen molar-refractivity contribution in [3.8, 4) is 0 Å². The molecule has 0 fully saturated rings. The van der Waals surface area contributed by atoms with Gasteiger partial charge in [-0.15, -0.1) is 0 Å². The number of carbonyl (C=O) groups is 2. The molecular formula is C16H25N3O3. The van der Waals surface area contributed by atoms with E-state index in [0.717, 1.165) is 17.5 Å². The highest BCUT2D eigenvalue weighted by Crippen LogP contribution is 2.09. The van der Waals surface area contributed by atoms with E-state index in [-0.39, 0.29) is 18.5 Å². The highest BCUT2D eigenvalue weighted by Gasteiger charge is 2.06. The van der Waals surface area contributed by atoms with Gasteiger partial charge in [0.15, 0.2) is 0 Å². The molecule has 0 unspecified atom stereocenters. The molecule has 0 aliphatic carbocycles. The van der Waals surface area contributed by atoms with Crippen molar-refractivity contribution in [2.24, 2.45) is 0 Å². The number of benzene rings is 1. The second-order valence-electron chi connectivity index (χ2n) is 4.79. The van der Waals surface area contributed by atoms with Crippen molar-refractivity contribution in [1.82, 2.24) is 16.0 Å². The summed E-state index contributed by atoms with van der Waals surface area (Å²) in [5.74, 6) is -0.186. The van der Waals surface area contributed by atoms with Gasteiger partial charge in [-0.05, 0) is 24.5 Å². The molecule has 0 bridgehead atoms. The van der Waals surface area contributed by atoms with Crippen molar-refractivity contribution < 1.29 is 14.3 Å². The van der Waals surface area contributed by atoms with Crippen molar-refractivity contribution in [3.63, 3.8) is 0 Å². The van der Waals surface area contributed by atoms with Crippen LogP contribution in [0.25, 0.3) is 0 Å². The minimum atomic E-state index is -0.363. The highest BCUT2D eigenvalue weighted by molar-refractivity contribution is 5.83. The van der Waals surface area contributed by atoms with Crippen LogP contribution in [0.3, 0.4) is 0 Å². The Kier molecular flexibility index (Phi) is 8.67. The molecule has 122 valence electrons. The van der Waals surface area contributed by atoms with Crippen LogP contribution in [0.2, 0.25) is 0 Å². The van der Waals surface area contributed by atoms with Crippen LogP contribution in [0, 0.1) is 0 Å². The van der Waals surface area contributed by atoms with Gasteiger partial charge in [-0.2, -0.15) is 0 Å². The fraction of sp³-hybridized carbons (Fsp3) is 0.500. The molecule has 0 atom stereocenters. The number of carbonyl (C=O) groups excluding carboxylic acids is 2. The van der Waals surface area contributed by atoms with E-state index in [4.69, 9.17) is 4.74 Å². The standard InChI is InChI=1S/C16H25N3O3/c1-3-9-17-15(20)11-19-16(21)18-10-13-7-5-6-8-14(13)12-22-4-2/h5-8H,3-4,9-12H2,1-2H3,(H,17,20)(H2,18,19,21). The Morgan fingerprint density at radius 3 is 2.45 bits per heavy atom. The molecule has 3 amide bonds. The Morgan fingerprint density at radius 1 is 1.05 bits per heavy atom. The Hall–Kier alpha value is -2.08. The normalized spacial score (nSPS) is 10.1. The van der Waals surface area contributed by atoms with Crippen molar-refractivity contribution in [3.05, 3.63) is 35.4 Å². The van der Waals surface area contributed by atoms with E-state index < -0.39 is 0 Å². The van der Waals surface area contributed by atoms with Crippen molar-refractivity contribution in [1.29, 1.82) is 0 Å². The van der Waals surface area contributed by atoms with Crippen molar-refractivity contribution in [2.75, 3.05) is 19.7 Å². The average molecular weight is 307 g/mol. The van der Waals surface area contributed by atoms with Crippen LogP contribution in [-0.4, -0.2) is 31.6 Å². The first-order valence-electron chi connectivity index (χ1n) is 7.60. The van der Waals surface area contributed by atoms with Crippen LogP contribution < -0.4 is 16.0 Å². The van der Waals surface area contributed by atoms with Crippen molar-refractivity contribution in [2.45, 2.75) is 33.4 Å². The highest BCUT2D eigenvalue weighted by atomic mass is 16.5. The van der Waals surface area contributed by atoms with E-state index in [1.807, 2.05) is 38.1 Å². The SMILES string of the molecule is CCCNC(=O)CNC(=O)NCc1ccccc1COCC. The van der Waals surface area contributed by atoms with E-state index in [1.54, 1.807) is 0 Å². The van der Waals surface area contributed by atoms with Crippen LogP contribution >= 0.6 is 0 Å². The van der Waals surface area contributed by atoms with Crippen LogP contribution in [0.15, 0.2) is 24.3 Å².